The van der Waals surface area contributed by atoms with Gasteiger partial charge in [0.25, 0.3) is 0 Å². The lowest BCUT2D eigenvalue weighted by Crippen LogP contribution is -2.27. The van der Waals surface area contributed by atoms with Gasteiger partial charge in [-0.15, -0.1) is 0 Å². The molecule has 1 atom stereocenters. The number of hydrogen-bond acceptors (Lipinski definition) is 1. The molecular weight excluding hydrogens is 150 g/mol. The maximum absolute atomic E-state index is 11.4. The minimum Gasteiger partial charge on any atom is -0.343 e. The third-order valence-corrected chi connectivity index (χ3v) is 2.82. The summed E-state index contributed by atoms with van der Waals surface area (Å²) in [6.45, 7) is 10.5. The second-order valence-electron chi connectivity index (χ2n) is 4.70. The maximum atomic E-state index is 11.4. The van der Waals surface area contributed by atoms with Crippen LogP contribution in [0.1, 0.15) is 34.1 Å². The fourth-order valence-corrected chi connectivity index (χ4v) is 1.66. The molecule has 1 aliphatic rings. The van der Waals surface area contributed by atoms with Crippen LogP contribution in [0, 0.1) is 11.3 Å². The van der Waals surface area contributed by atoms with E-state index in [0.29, 0.717) is 11.8 Å². The standard InChI is InChI=1S/C10H19NO/c1-5-11-7-8(6-9(11)12)10(2,3)4/h8H,5-7H2,1-4H3. The van der Waals surface area contributed by atoms with E-state index in [1.54, 1.807) is 0 Å². The average Bonchev–Trinajstić information content (AvgIpc) is 2.29. The molecule has 2 heteroatoms. The van der Waals surface area contributed by atoms with Crippen LogP contribution in [0.3, 0.4) is 0 Å². The van der Waals surface area contributed by atoms with E-state index in [-0.39, 0.29) is 5.41 Å². The van der Waals surface area contributed by atoms with Gasteiger partial charge in [-0.1, -0.05) is 20.8 Å². The van der Waals surface area contributed by atoms with Crippen molar-refractivity contribution in [2.75, 3.05) is 13.1 Å². The average molecular weight is 169 g/mol. The van der Waals surface area contributed by atoms with Crippen LogP contribution in [-0.4, -0.2) is 23.9 Å². The van der Waals surface area contributed by atoms with Gasteiger partial charge in [-0.3, -0.25) is 4.79 Å². The third-order valence-electron chi connectivity index (χ3n) is 2.82. The number of nitrogens with zero attached hydrogens (tertiary/aromatic N) is 1. The minimum absolute atomic E-state index is 0.277. The van der Waals surface area contributed by atoms with Crippen LogP contribution < -0.4 is 0 Å². The first-order valence-corrected chi connectivity index (χ1v) is 4.73. The first kappa shape index (κ1) is 9.56. The largest absolute Gasteiger partial charge is 0.343 e. The Morgan fingerprint density at radius 2 is 2.08 bits per heavy atom. The van der Waals surface area contributed by atoms with Crippen LogP contribution in [-0.2, 0) is 4.79 Å². The predicted octanol–water partition coefficient (Wildman–Crippen LogP) is 1.90. The van der Waals surface area contributed by atoms with Crippen LogP contribution >= 0.6 is 0 Å². The lowest BCUT2D eigenvalue weighted by molar-refractivity contribution is -0.127. The van der Waals surface area contributed by atoms with Crippen molar-refractivity contribution in [2.45, 2.75) is 34.1 Å². The second kappa shape index (κ2) is 3.08. The van der Waals surface area contributed by atoms with Gasteiger partial charge in [0, 0.05) is 19.5 Å². The van der Waals surface area contributed by atoms with E-state index in [1.165, 1.54) is 0 Å². The molecule has 0 aliphatic carbocycles. The highest BCUT2D eigenvalue weighted by atomic mass is 16.2. The van der Waals surface area contributed by atoms with Crippen LogP contribution in [0.15, 0.2) is 0 Å². The molecule has 1 unspecified atom stereocenters. The SMILES string of the molecule is CCN1CC(C(C)(C)C)CC1=O. The molecule has 1 aliphatic heterocycles. The molecule has 12 heavy (non-hydrogen) atoms. The second-order valence-corrected chi connectivity index (χ2v) is 4.70. The maximum Gasteiger partial charge on any atom is 0.222 e. The van der Waals surface area contributed by atoms with Crippen LogP contribution in [0.4, 0.5) is 0 Å². The molecule has 1 fully saturated rings. The van der Waals surface area contributed by atoms with E-state index >= 15 is 0 Å². The molecule has 0 saturated carbocycles. The molecule has 1 rings (SSSR count). The van der Waals surface area contributed by atoms with E-state index in [2.05, 4.69) is 20.8 Å². The number of likely N-dealkylation sites (tertiary alicyclic amines) is 1. The summed E-state index contributed by atoms with van der Waals surface area (Å²) in [4.78, 5) is 13.3. The number of carbonyl (C=O) groups excluding carboxylic acids is 1. The lowest BCUT2D eigenvalue weighted by Gasteiger charge is -2.26. The van der Waals surface area contributed by atoms with E-state index in [9.17, 15) is 4.79 Å². The molecule has 2 nitrogen and oxygen atoms in total. The zero-order chi connectivity index (χ0) is 9.35. The molecule has 0 N–H and O–H groups in total. The highest BCUT2D eigenvalue weighted by Crippen LogP contribution is 2.33. The molecule has 0 bridgehead atoms. The Morgan fingerprint density at radius 1 is 1.50 bits per heavy atom. The number of amides is 1. The predicted molar refractivity (Wildman–Crippen MR) is 49.8 cm³/mol. The molecular formula is C10H19NO. The molecule has 70 valence electrons. The number of hydrogen-bond donors (Lipinski definition) is 0. The van der Waals surface area contributed by atoms with Gasteiger partial charge >= 0.3 is 0 Å². The molecule has 0 aromatic carbocycles. The van der Waals surface area contributed by atoms with E-state index in [0.717, 1.165) is 19.5 Å². The van der Waals surface area contributed by atoms with E-state index in [4.69, 9.17) is 0 Å². The molecule has 1 amide bonds. The smallest absolute Gasteiger partial charge is 0.222 e. The molecule has 0 radical (unpaired) electrons. The summed E-state index contributed by atoms with van der Waals surface area (Å²) in [5, 5.41) is 0. The lowest BCUT2D eigenvalue weighted by atomic mass is 9.80. The van der Waals surface area contributed by atoms with Gasteiger partial charge in [0.1, 0.15) is 0 Å². The third kappa shape index (κ3) is 1.79. The summed E-state index contributed by atoms with van der Waals surface area (Å²) in [5.74, 6) is 0.877. The first-order valence-electron chi connectivity index (χ1n) is 4.73. The monoisotopic (exact) mass is 169 g/mol. The Labute approximate surface area is 74.9 Å². The van der Waals surface area contributed by atoms with Gasteiger partial charge in [-0.05, 0) is 18.3 Å². The van der Waals surface area contributed by atoms with Gasteiger partial charge in [0.15, 0.2) is 0 Å². The van der Waals surface area contributed by atoms with Crippen molar-refractivity contribution in [1.82, 2.24) is 4.90 Å². The van der Waals surface area contributed by atoms with Gasteiger partial charge in [-0.25, -0.2) is 0 Å². The van der Waals surface area contributed by atoms with Gasteiger partial charge in [0.2, 0.25) is 5.91 Å². The van der Waals surface area contributed by atoms with Gasteiger partial charge in [-0.2, -0.15) is 0 Å². The first-order chi connectivity index (χ1) is 5.45. The van der Waals surface area contributed by atoms with Gasteiger partial charge < -0.3 is 4.90 Å². The zero-order valence-electron chi connectivity index (χ0n) is 8.55. The Balaban J connectivity index is 2.60. The van der Waals surface area contributed by atoms with Crippen molar-refractivity contribution in [3.05, 3.63) is 0 Å². The van der Waals surface area contributed by atoms with Gasteiger partial charge in [0.05, 0.1) is 0 Å². The number of carbonyl (C=O) groups is 1. The Morgan fingerprint density at radius 3 is 2.33 bits per heavy atom. The van der Waals surface area contributed by atoms with Crippen LogP contribution in [0.25, 0.3) is 0 Å². The number of rotatable bonds is 1. The summed E-state index contributed by atoms with van der Waals surface area (Å²) >= 11 is 0. The fraction of sp³-hybridized carbons (Fsp3) is 0.900. The van der Waals surface area contributed by atoms with Crippen molar-refractivity contribution in [1.29, 1.82) is 0 Å². The Kier molecular flexibility index (Phi) is 2.45. The summed E-state index contributed by atoms with van der Waals surface area (Å²) in [7, 11) is 0. The normalized spacial score (nSPS) is 25.2. The molecule has 0 aromatic heterocycles. The molecule has 1 saturated heterocycles. The molecule has 0 aromatic rings. The summed E-state index contributed by atoms with van der Waals surface area (Å²) < 4.78 is 0. The highest BCUT2D eigenvalue weighted by molar-refractivity contribution is 5.78. The zero-order valence-corrected chi connectivity index (χ0v) is 8.55. The molecule has 1 heterocycles. The van der Waals surface area contributed by atoms with Crippen molar-refractivity contribution >= 4 is 5.91 Å². The molecule has 0 spiro atoms. The highest BCUT2D eigenvalue weighted by Gasteiger charge is 2.35. The van der Waals surface area contributed by atoms with Crippen molar-refractivity contribution in [2.24, 2.45) is 11.3 Å². The fourth-order valence-electron chi connectivity index (χ4n) is 1.66. The van der Waals surface area contributed by atoms with Crippen molar-refractivity contribution in [3.63, 3.8) is 0 Å². The topological polar surface area (TPSA) is 20.3 Å². The Bertz CT molecular complexity index is 181. The quantitative estimate of drug-likeness (QED) is 0.587. The summed E-state index contributed by atoms with van der Waals surface area (Å²) in [5.41, 5.74) is 0.277. The van der Waals surface area contributed by atoms with Crippen molar-refractivity contribution in [3.8, 4) is 0 Å². The summed E-state index contributed by atoms with van der Waals surface area (Å²) in [6.07, 6.45) is 0.747. The van der Waals surface area contributed by atoms with Crippen LogP contribution in [0.5, 0.6) is 0 Å². The summed E-state index contributed by atoms with van der Waals surface area (Å²) in [6, 6.07) is 0. The van der Waals surface area contributed by atoms with E-state index in [1.807, 2.05) is 11.8 Å². The van der Waals surface area contributed by atoms with Crippen LogP contribution in [0.2, 0.25) is 0 Å². The van der Waals surface area contributed by atoms with Crippen molar-refractivity contribution < 1.29 is 4.79 Å². The van der Waals surface area contributed by atoms with E-state index < -0.39 is 0 Å². The minimum atomic E-state index is 0.277. The Hall–Kier alpha value is -0.530.